The summed E-state index contributed by atoms with van der Waals surface area (Å²) < 4.78 is 0. The van der Waals surface area contributed by atoms with E-state index in [1.165, 1.54) is 0 Å². The van der Waals surface area contributed by atoms with Gasteiger partial charge in [0.05, 0.1) is 0 Å². The van der Waals surface area contributed by atoms with E-state index in [1.54, 1.807) is 34.1 Å². The van der Waals surface area contributed by atoms with Gasteiger partial charge in [0.1, 0.15) is 12.6 Å². The molecule has 1 atom stereocenters. The molecule has 0 aromatic heterocycles. The van der Waals surface area contributed by atoms with Gasteiger partial charge in [-0.3, -0.25) is 9.59 Å². The van der Waals surface area contributed by atoms with Crippen LogP contribution in [0.5, 0.6) is 0 Å². The fourth-order valence-electron chi connectivity index (χ4n) is 2.81. The van der Waals surface area contributed by atoms with Crippen molar-refractivity contribution in [1.29, 1.82) is 0 Å². The van der Waals surface area contributed by atoms with Gasteiger partial charge in [0.2, 0.25) is 11.8 Å². The van der Waals surface area contributed by atoms with E-state index in [-0.39, 0.29) is 24.4 Å². The molecule has 0 radical (unpaired) electrons. The van der Waals surface area contributed by atoms with Crippen LogP contribution in [0.2, 0.25) is 5.02 Å². The Morgan fingerprint density at radius 3 is 2.58 bits per heavy atom. The van der Waals surface area contributed by atoms with Crippen LogP contribution in [0.3, 0.4) is 0 Å². The number of piperazine rings is 1. The summed E-state index contributed by atoms with van der Waals surface area (Å²) >= 11 is 5.85. The van der Waals surface area contributed by atoms with Crippen molar-refractivity contribution < 1.29 is 9.59 Å². The first-order chi connectivity index (χ1) is 9.16. The highest BCUT2D eigenvalue weighted by molar-refractivity contribution is 6.30. The summed E-state index contributed by atoms with van der Waals surface area (Å²) in [6, 6.07) is 6.77. The molecule has 0 saturated carbocycles. The standard InChI is InChI=1S/C14H15ClN2O2/c15-10-4-6-11(7-5-10)17-9-13(18)16-8-2-1-3-12(16)14(17)19/h4-7,12H,1-3,8-9H2. The van der Waals surface area contributed by atoms with Crippen LogP contribution in [-0.2, 0) is 9.59 Å². The summed E-state index contributed by atoms with van der Waals surface area (Å²) in [5, 5.41) is 0.624. The highest BCUT2D eigenvalue weighted by Gasteiger charge is 2.40. The molecule has 1 aromatic carbocycles. The van der Waals surface area contributed by atoms with E-state index in [2.05, 4.69) is 0 Å². The number of amides is 2. The number of piperidine rings is 1. The normalized spacial score (nSPS) is 23.5. The lowest BCUT2D eigenvalue weighted by Gasteiger charge is -2.42. The van der Waals surface area contributed by atoms with Gasteiger partial charge in [0, 0.05) is 17.3 Å². The Hall–Kier alpha value is -1.55. The number of carbonyl (C=O) groups excluding carboxylic acids is 2. The van der Waals surface area contributed by atoms with Gasteiger partial charge in [-0.15, -0.1) is 0 Å². The van der Waals surface area contributed by atoms with Crippen LogP contribution in [0.1, 0.15) is 19.3 Å². The molecular weight excluding hydrogens is 264 g/mol. The molecule has 2 aliphatic rings. The molecule has 2 heterocycles. The fraction of sp³-hybridized carbons (Fsp3) is 0.429. The maximum absolute atomic E-state index is 12.5. The second-order valence-corrected chi connectivity index (χ2v) is 5.44. The van der Waals surface area contributed by atoms with E-state index in [4.69, 9.17) is 11.6 Å². The van der Waals surface area contributed by atoms with E-state index in [9.17, 15) is 9.59 Å². The third kappa shape index (κ3) is 2.21. The van der Waals surface area contributed by atoms with Crippen molar-refractivity contribution in [1.82, 2.24) is 4.90 Å². The van der Waals surface area contributed by atoms with Gasteiger partial charge in [0.25, 0.3) is 0 Å². The number of benzene rings is 1. The summed E-state index contributed by atoms with van der Waals surface area (Å²) in [6.07, 6.45) is 2.78. The summed E-state index contributed by atoms with van der Waals surface area (Å²) in [5.74, 6) is 0.0703. The Labute approximate surface area is 116 Å². The van der Waals surface area contributed by atoms with E-state index in [1.807, 2.05) is 0 Å². The van der Waals surface area contributed by atoms with Crippen LogP contribution in [0.4, 0.5) is 5.69 Å². The predicted octanol–water partition coefficient (Wildman–Crippen LogP) is 2.07. The molecule has 19 heavy (non-hydrogen) atoms. The highest BCUT2D eigenvalue weighted by atomic mass is 35.5. The van der Waals surface area contributed by atoms with Crippen molar-refractivity contribution in [2.75, 3.05) is 18.0 Å². The molecule has 2 fully saturated rings. The molecule has 100 valence electrons. The molecule has 5 heteroatoms. The van der Waals surface area contributed by atoms with Crippen LogP contribution in [0.15, 0.2) is 24.3 Å². The number of nitrogens with zero attached hydrogens (tertiary/aromatic N) is 2. The molecule has 0 aliphatic carbocycles. The molecule has 2 amide bonds. The Morgan fingerprint density at radius 2 is 1.84 bits per heavy atom. The number of fused-ring (bicyclic) bond motifs is 1. The Balaban J connectivity index is 1.89. The number of hydrogen-bond acceptors (Lipinski definition) is 2. The molecule has 2 aliphatic heterocycles. The van der Waals surface area contributed by atoms with E-state index in [0.29, 0.717) is 11.6 Å². The van der Waals surface area contributed by atoms with Crippen LogP contribution in [-0.4, -0.2) is 35.8 Å². The first kappa shape index (κ1) is 12.5. The number of carbonyl (C=O) groups is 2. The quantitative estimate of drug-likeness (QED) is 0.789. The third-order valence-electron chi connectivity index (χ3n) is 3.81. The van der Waals surface area contributed by atoms with Gasteiger partial charge >= 0.3 is 0 Å². The number of rotatable bonds is 1. The zero-order valence-electron chi connectivity index (χ0n) is 10.5. The monoisotopic (exact) mass is 278 g/mol. The minimum Gasteiger partial charge on any atom is -0.329 e. The van der Waals surface area contributed by atoms with Crippen molar-refractivity contribution in [3.8, 4) is 0 Å². The topological polar surface area (TPSA) is 40.6 Å². The van der Waals surface area contributed by atoms with Crippen LogP contribution in [0.25, 0.3) is 0 Å². The van der Waals surface area contributed by atoms with Crippen molar-refractivity contribution in [3.63, 3.8) is 0 Å². The first-order valence-electron chi connectivity index (χ1n) is 6.53. The van der Waals surface area contributed by atoms with Gasteiger partial charge in [0.15, 0.2) is 0 Å². The predicted molar refractivity (Wildman–Crippen MR) is 73.2 cm³/mol. The maximum atomic E-state index is 12.5. The van der Waals surface area contributed by atoms with Gasteiger partial charge in [-0.25, -0.2) is 0 Å². The van der Waals surface area contributed by atoms with Gasteiger partial charge in [-0.2, -0.15) is 0 Å². The molecule has 0 bridgehead atoms. The third-order valence-corrected chi connectivity index (χ3v) is 4.06. The second kappa shape index (κ2) is 4.85. The second-order valence-electron chi connectivity index (χ2n) is 5.00. The summed E-state index contributed by atoms with van der Waals surface area (Å²) in [4.78, 5) is 27.9. The summed E-state index contributed by atoms with van der Waals surface area (Å²) in [6.45, 7) is 0.848. The Kier molecular flexibility index (Phi) is 3.19. The Bertz CT molecular complexity index is 515. The average molecular weight is 279 g/mol. The SMILES string of the molecule is O=C1C2CCCCN2C(=O)CN1c1ccc(Cl)cc1. The van der Waals surface area contributed by atoms with Crippen LogP contribution in [0, 0.1) is 0 Å². The summed E-state index contributed by atoms with van der Waals surface area (Å²) in [7, 11) is 0. The molecule has 3 rings (SSSR count). The lowest BCUT2D eigenvalue weighted by molar-refractivity contribution is -0.144. The van der Waals surface area contributed by atoms with Crippen LogP contribution < -0.4 is 4.90 Å². The minimum absolute atomic E-state index is 0.0293. The highest BCUT2D eigenvalue weighted by Crippen LogP contribution is 2.27. The van der Waals surface area contributed by atoms with E-state index >= 15 is 0 Å². The van der Waals surface area contributed by atoms with Gasteiger partial charge < -0.3 is 9.80 Å². The summed E-state index contributed by atoms with van der Waals surface area (Å²) in [5.41, 5.74) is 0.743. The van der Waals surface area contributed by atoms with Crippen molar-refractivity contribution >= 4 is 29.1 Å². The molecule has 1 aromatic rings. The lowest BCUT2D eigenvalue weighted by Crippen LogP contribution is -2.61. The lowest BCUT2D eigenvalue weighted by atomic mass is 9.98. The zero-order valence-corrected chi connectivity index (χ0v) is 11.3. The number of hydrogen-bond donors (Lipinski definition) is 0. The van der Waals surface area contributed by atoms with Crippen molar-refractivity contribution in [3.05, 3.63) is 29.3 Å². The zero-order chi connectivity index (χ0) is 13.4. The number of halogens is 1. The number of anilines is 1. The molecule has 0 spiro atoms. The molecule has 4 nitrogen and oxygen atoms in total. The largest absolute Gasteiger partial charge is 0.329 e. The average Bonchev–Trinajstić information content (AvgIpc) is 2.44. The smallest absolute Gasteiger partial charge is 0.250 e. The van der Waals surface area contributed by atoms with Crippen LogP contribution >= 0.6 is 11.6 Å². The fourth-order valence-corrected chi connectivity index (χ4v) is 2.94. The van der Waals surface area contributed by atoms with E-state index < -0.39 is 0 Å². The molecule has 0 N–H and O–H groups in total. The van der Waals surface area contributed by atoms with Gasteiger partial charge in [-0.05, 0) is 43.5 Å². The van der Waals surface area contributed by atoms with Crippen molar-refractivity contribution in [2.24, 2.45) is 0 Å². The van der Waals surface area contributed by atoms with E-state index in [0.717, 1.165) is 24.9 Å². The molecule has 2 saturated heterocycles. The Morgan fingerprint density at radius 1 is 1.11 bits per heavy atom. The van der Waals surface area contributed by atoms with Gasteiger partial charge in [-0.1, -0.05) is 11.6 Å². The van der Waals surface area contributed by atoms with Crippen molar-refractivity contribution in [2.45, 2.75) is 25.3 Å². The first-order valence-corrected chi connectivity index (χ1v) is 6.91. The minimum atomic E-state index is -0.273. The molecular formula is C14H15ClN2O2. The molecule has 1 unspecified atom stereocenters. The maximum Gasteiger partial charge on any atom is 0.250 e.